The second kappa shape index (κ2) is 10.3. The number of halogens is 1. The van der Waals surface area contributed by atoms with Crippen molar-refractivity contribution in [2.45, 2.75) is 25.3 Å². The topological polar surface area (TPSA) is 151 Å². The molecule has 2 atom stereocenters. The molecule has 0 aliphatic heterocycles. The van der Waals surface area contributed by atoms with Crippen LogP contribution in [0.2, 0.25) is 0 Å². The maximum absolute atomic E-state index is 13.5. The Morgan fingerprint density at radius 2 is 1.88 bits per heavy atom. The highest BCUT2D eigenvalue weighted by Crippen LogP contribution is 2.22. The van der Waals surface area contributed by atoms with Gasteiger partial charge in [0.25, 0.3) is 5.91 Å². The van der Waals surface area contributed by atoms with Gasteiger partial charge in [-0.05, 0) is 41.7 Å². The molecule has 0 unspecified atom stereocenters. The Balaban J connectivity index is 1.78. The number of nitrogens with zero attached hydrogens (tertiary/aromatic N) is 2. The van der Waals surface area contributed by atoms with Crippen LogP contribution in [0, 0.1) is 11.7 Å². The fourth-order valence-electron chi connectivity index (χ4n) is 3.41. The van der Waals surface area contributed by atoms with Crippen LogP contribution in [-0.2, 0) is 16.0 Å². The molecule has 0 saturated carbocycles. The summed E-state index contributed by atoms with van der Waals surface area (Å²) in [5.74, 6) is -3.80. The van der Waals surface area contributed by atoms with Gasteiger partial charge in [0, 0.05) is 12.5 Å². The van der Waals surface area contributed by atoms with Gasteiger partial charge in [-0.2, -0.15) is 0 Å². The number of primary amides is 1. The number of aliphatic carboxylic acids is 1. The van der Waals surface area contributed by atoms with Gasteiger partial charge in [-0.25, -0.2) is 4.39 Å². The highest BCUT2D eigenvalue weighted by molar-refractivity contribution is 5.92. The third kappa shape index (κ3) is 6.21. The number of benzene rings is 2. The summed E-state index contributed by atoms with van der Waals surface area (Å²) in [5, 5.41) is 21.7. The van der Waals surface area contributed by atoms with Crippen molar-refractivity contribution in [3.05, 3.63) is 71.8 Å². The van der Waals surface area contributed by atoms with Gasteiger partial charge >= 0.3 is 5.97 Å². The van der Waals surface area contributed by atoms with E-state index in [2.05, 4.69) is 20.7 Å². The van der Waals surface area contributed by atoms with E-state index in [4.69, 9.17) is 5.73 Å². The van der Waals surface area contributed by atoms with Crippen LogP contribution in [0.25, 0.3) is 11.1 Å². The normalized spacial score (nSPS) is 12.7. The van der Waals surface area contributed by atoms with Crippen molar-refractivity contribution in [1.29, 1.82) is 0 Å². The summed E-state index contributed by atoms with van der Waals surface area (Å²) in [5.41, 5.74) is 7.66. The van der Waals surface area contributed by atoms with Crippen molar-refractivity contribution in [2.24, 2.45) is 11.7 Å². The van der Waals surface area contributed by atoms with E-state index in [1.807, 2.05) is 24.3 Å². The highest BCUT2D eigenvalue weighted by atomic mass is 19.1. The lowest BCUT2D eigenvalue weighted by Gasteiger charge is -2.22. The van der Waals surface area contributed by atoms with Gasteiger partial charge < -0.3 is 16.2 Å². The number of rotatable bonds is 10. The number of carbonyl (C=O) groups is 3. The van der Waals surface area contributed by atoms with Crippen LogP contribution in [0.4, 0.5) is 4.39 Å². The van der Waals surface area contributed by atoms with Crippen molar-refractivity contribution in [3.8, 4) is 11.1 Å². The minimum atomic E-state index is -1.17. The predicted octanol–water partition coefficient (Wildman–Crippen LogP) is 1.92. The maximum Gasteiger partial charge on any atom is 0.307 e. The number of nitrogens with two attached hydrogens (primary N) is 1. The summed E-state index contributed by atoms with van der Waals surface area (Å²) >= 11 is 0. The van der Waals surface area contributed by atoms with E-state index < -0.39 is 29.7 Å². The fraction of sp³-hybridized carbons (Fsp3) is 0.227. The van der Waals surface area contributed by atoms with Gasteiger partial charge in [0.1, 0.15) is 11.5 Å². The zero-order valence-electron chi connectivity index (χ0n) is 17.0. The van der Waals surface area contributed by atoms with Crippen LogP contribution < -0.4 is 11.1 Å². The Morgan fingerprint density at radius 1 is 1.12 bits per heavy atom. The first-order chi connectivity index (χ1) is 15.3. The zero-order chi connectivity index (χ0) is 23.1. The number of aromatic nitrogens is 3. The first kappa shape index (κ1) is 22.6. The van der Waals surface area contributed by atoms with Gasteiger partial charge in [0.2, 0.25) is 5.91 Å². The van der Waals surface area contributed by atoms with Crippen LogP contribution >= 0.6 is 0 Å². The molecule has 10 heteroatoms. The SMILES string of the molecule is NC(=O)C[C@@H](C[C@@H](Cc1ccc(-c2cccc(F)c2)cc1)NC(=O)c1cnn[nH]1)C(=O)O. The highest BCUT2D eigenvalue weighted by Gasteiger charge is 2.26. The maximum atomic E-state index is 13.5. The molecular formula is C22H22FN5O4. The first-order valence-electron chi connectivity index (χ1n) is 9.84. The molecule has 166 valence electrons. The van der Waals surface area contributed by atoms with E-state index in [-0.39, 0.29) is 24.4 Å². The molecule has 0 aliphatic carbocycles. The average Bonchev–Trinajstić information content (AvgIpc) is 3.28. The number of carboxylic acid groups (broad SMARTS) is 1. The lowest BCUT2D eigenvalue weighted by atomic mass is 9.91. The zero-order valence-corrected chi connectivity index (χ0v) is 17.0. The van der Waals surface area contributed by atoms with E-state index in [1.54, 1.807) is 12.1 Å². The fourth-order valence-corrected chi connectivity index (χ4v) is 3.41. The summed E-state index contributed by atoms with van der Waals surface area (Å²) in [6.45, 7) is 0. The van der Waals surface area contributed by atoms with Crippen molar-refractivity contribution in [3.63, 3.8) is 0 Å². The standard InChI is InChI=1S/C22H22FN5O4/c23-17-3-1-2-15(9-17)14-6-4-13(5-7-14)8-18(10-16(22(31)32)11-20(24)29)26-21(30)19-12-25-28-27-19/h1-7,9,12,16,18H,8,10-11H2,(H2,24,29)(H,26,30)(H,31,32)(H,25,27,28)/t16-,18-/m1/s1. The molecule has 1 aromatic heterocycles. The quantitative estimate of drug-likeness (QED) is 0.379. The van der Waals surface area contributed by atoms with Crippen LogP contribution in [0.3, 0.4) is 0 Å². The molecule has 2 aromatic carbocycles. The monoisotopic (exact) mass is 439 g/mol. The molecule has 2 amide bonds. The van der Waals surface area contributed by atoms with Crippen molar-refractivity contribution >= 4 is 17.8 Å². The Hall–Kier alpha value is -4.08. The minimum absolute atomic E-state index is 0.00275. The number of carbonyl (C=O) groups excluding carboxylic acids is 2. The Labute approximate surface area is 182 Å². The molecule has 0 bridgehead atoms. The first-order valence-corrected chi connectivity index (χ1v) is 9.84. The second-order valence-corrected chi connectivity index (χ2v) is 7.39. The Bertz CT molecular complexity index is 1090. The molecule has 3 rings (SSSR count). The smallest absolute Gasteiger partial charge is 0.307 e. The molecule has 9 nitrogen and oxygen atoms in total. The Morgan fingerprint density at radius 3 is 2.47 bits per heavy atom. The molecule has 0 spiro atoms. The van der Waals surface area contributed by atoms with Crippen molar-refractivity contribution in [1.82, 2.24) is 20.7 Å². The molecule has 0 saturated heterocycles. The summed E-state index contributed by atoms with van der Waals surface area (Å²) < 4.78 is 13.5. The van der Waals surface area contributed by atoms with Gasteiger partial charge in [-0.1, -0.05) is 41.6 Å². The molecule has 0 fully saturated rings. The largest absolute Gasteiger partial charge is 0.481 e. The molecule has 3 aromatic rings. The van der Waals surface area contributed by atoms with Crippen LogP contribution in [0.1, 0.15) is 28.9 Å². The number of aromatic amines is 1. The summed E-state index contributed by atoms with van der Waals surface area (Å²) in [6, 6.07) is 12.9. The third-order valence-electron chi connectivity index (χ3n) is 4.95. The summed E-state index contributed by atoms with van der Waals surface area (Å²) in [6.07, 6.45) is 1.21. The van der Waals surface area contributed by atoms with Gasteiger partial charge in [-0.15, -0.1) is 5.10 Å². The molecule has 0 radical (unpaired) electrons. The number of carboxylic acids is 1. The van der Waals surface area contributed by atoms with Crippen LogP contribution in [0.5, 0.6) is 0 Å². The number of hydrogen-bond donors (Lipinski definition) is 4. The van der Waals surface area contributed by atoms with Gasteiger partial charge in [-0.3, -0.25) is 19.5 Å². The van der Waals surface area contributed by atoms with E-state index in [1.165, 1.54) is 18.3 Å². The van der Waals surface area contributed by atoms with E-state index >= 15 is 0 Å². The second-order valence-electron chi connectivity index (χ2n) is 7.39. The number of H-pyrrole nitrogens is 1. The third-order valence-corrected chi connectivity index (χ3v) is 4.95. The van der Waals surface area contributed by atoms with Crippen molar-refractivity contribution in [2.75, 3.05) is 0 Å². The van der Waals surface area contributed by atoms with Crippen molar-refractivity contribution < 1.29 is 23.9 Å². The number of nitrogens with one attached hydrogen (secondary N) is 2. The number of amides is 2. The van der Waals surface area contributed by atoms with E-state index in [9.17, 15) is 23.9 Å². The molecule has 5 N–H and O–H groups in total. The molecular weight excluding hydrogens is 417 g/mol. The van der Waals surface area contributed by atoms with Gasteiger partial charge in [0.15, 0.2) is 0 Å². The van der Waals surface area contributed by atoms with Crippen LogP contribution in [-0.4, -0.2) is 44.3 Å². The van der Waals surface area contributed by atoms with Crippen LogP contribution in [0.15, 0.2) is 54.7 Å². The van der Waals surface area contributed by atoms with E-state index in [0.29, 0.717) is 6.42 Å². The predicted molar refractivity (Wildman–Crippen MR) is 113 cm³/mol. The average molecular weight is 439 g/mol. The number of hydrogen-bond acceptors (Lipinski definition) is 5. The molecule has 0 aliphatic rings. The summed E-state index contributed by atoms with van der Waals surface area (Å²) in [7, 11) is 0. The van der Waals surface area contributed by atoms with Gasteiger partial charge in [0.05, 0.1) is 12.1 Å². The Kier molecular flexibility index (Phi) is 7.27. The lowest BCUT2D eigenvalue weighted by molar-refractivity contribution is -0.144. The summed E-state index contributed by atoms with van der Waals surface area (Å²) in [4.78, 5) is 35.3. The molecule has 1 heterocycles. The molecule has 32 heavy (non-hydrogen) atoms. The van der Waals surface area contributed by atoms with E-state index in [0.717, 1.165) is 16.7 Å². The minimum Gasteiger partial charge on any atom is -0.481 e. The lowest BCUT2D eigenvalue weighted by Crippen LogP contribution is -2.40.